The zero-order valence-corrected chi connectivity index (χ0v) is 15.2. The van der Waals surface area contributed by atoms with E-state index in [1.54, 1.807) is 7.11 Å². The number of carbonyl (C=O) groups excluding carboxylic acids is 1. The lowest BCUT2D eigenvalue weighted by Crippen LogP contribution is -2.37. The molecule has 2 rings (SSSR count). The molecule has 6 heteroatoms. The monoisotopic (exact) mass is 351 g/mol. The lowest BCUT2D eigenvalue weighted by atomic mass is 9.69. The summed E-state index contributed by atoms with van der Waals surface area (Å²) >= 11 is 0. The lowest BCUT2D eigenvalue weighted by Gasteiger charge is -2.35. The Morgan fingerprint density at radius 1 is 1.28 bits per heavy atom. The summed E-state index contributed by atoms with van der Waals surface area (Å²) in [6.45, 7) is 2.32. The zero-order chi connectivity index (χ0) is 18.3. The lowest BCUT2D eigenvalue weighted by molar-refractivity contribution is -0.141. The first-order chi connectivity index (χ1) is 12.0. The second-order valence-corrected chi connectivity index (χ2v) is 7.04. The van der Waals surface area contributed by atoms with Gasteiger partial charge in [0.2, 0.25) is 5.91 Å². The van der Waals surface area contributed by atoms with E-state index in [0.717, 1.165) is 44.3 Å². The van der Waals surface area contributed by atoms with Crippen molar-refractivity contribution >= 4 is 11.9 Å². The van der Waals surface area contributed by atoms with Crippen LogP contribution >= 0.6 is 0 Å². The Balaban J connectivity index is 2.04. The highest BCUT2D eigenvalue weighted by Crippen LogP contribution is 2.42. The number of carboxylic acids is 1. The highest BCUT2D eigenvalue weighted by atomic mass is 16.5. The summed E-state index contributed by atoms with van der Waals surface area (Å²) in [4.78, 5) is 23.9. The van der Waals surface area contributed by atoms with E-state index in [4.69, 9.17) is 9.15 Å². The Kier molecular flexibility index (Phi) is 7.05. The first kappa shape index (κ1) is 19.5. The van der Waals surface area contributed by atoms with E-state index in [9.17, 15) is 14.7 Å². The SMILES string of the molecule is CCc1ccc(C(COC)NC(=O)CC2(CC(=O)O)CCCCC2)o1. The van der Waals surface area contributed by atoms with E-state index in [1.165, 1.54) is 0 Å². The molecule has 25 heavy (non-hydrogen) atoms. The molecule has 6 nitrogen and oxygen atoms in total. The molecule has 1 aliphatic rings. The van der Waals surface area contributed by atoms with Crippen LogP contribution < -0.4 is 5.32 Å². The van der Waals surface area contributed by atoms with Crippen LogP contribution in [0, 0.1) is 5.41 Å². The van der Waals surface area contributed by atoms with Crippen LogP contribution in [0.4, 0.5) is 0 Å². The summed E-state index contributed by atoms with van der Waals surface area (Å²) in [7, 11) is 1.58. The Morgan fingerprint density at radius 2 is 2.00 bits per heavy atom. The first-order valence-electron chi connectivity index (χ1n) is 9.07. The smallest absolute Gasteiger partial charge is 0.303 e. The maximum atomic E-state index is 12.6. The van der Waals surface area contributed by atoms with Crippen molar-refractivity contribution in [2.75, 3.05) is 13.7 Å². The molecule has 1 unspecified atom stereocenters. The molecule has 1 aromatic heterocycles. The van der Waals surface area contributed by atoms with E-state index in [-0.39, 0.29) is 24.8 Å². The van der Waals surface area contributed by atoms with Gasteiger partial charge in [-0.1, -0.05) is 26.2 Å². The second-order valence-electron chi connectivity index (χ2n) is 7.04. The molecule has 1 amide bonds. The molecule has 0 aliphatic heterocycles. The molecule has 140 valence electrons. The first-order valence-corrected chi connectivity index (χ1v) is 9.07. The van der Waals surface area contributed by atoms with Gasteiger partial charge in [0, 0.05) is 20.0 Å². The highest BCUT2D eigenvalue weighted by Gasteiger charge is 2.37. The number of aliphatic carboxylic acids is 1. The molecule has 1 aromatic rings. The van der Waals surface area contributed by atoms with E-state index in [2.05, 4.69) is 5.32 Å². The predicted molar refractivity (Wildman–Crippen MR) is 93.2 cm³/mol. The van der Waals surface area contributed by atoms with Gasteiger partial charge in [-0.15, -0.1) is 0 Å². The summed E-state index contributed by atoms with van der Waals surface area (Å²) in [6, 6.07) is 3.40. The van der Waals surface area contributed by atoms with Gasteiger partial charge in [-0.25, -0.2) is 0 Å². The highest BCUT2D eigenvalue weighted by molar-refractivity contribution is 5.78. The van der Waals surface area contributed by atoms with E-state index in [0.29, 0.717) is 12.4 Å². The number of carbonyl (C=O) groups is 2. The fourth-order valence-electron chi connectivity index (χ4n) is 3.76. The van der Waals surface area contributed by atoms with E-state index < -0.39 is 11.4 Å². The molecule has 1 saturated carbocycles. The van der Waals surface area contributed by atoms with Crippen molar-refractivity contribution in [1.29, 1.82) is 0 Å². The molecule has 0 radical (unpaired) electrons. The Labute approximate surface area is 148 Å². The normalized spacial score (nSPS) is 17.8. The Hall–Kier alpha value is -1.82. The number of amides is 1. The number of carboxylic acid groups (broad SMARTS) is 1. The molecule has 0 spiro atoms. The van der Waals surface area contributed by atoms with Gasteiger partial charge < -0.3 is 19.6 Å². The number of ether oxygens (including phenoxy) is 1. The van der Waals surface area contributed by atoms with Crippen LogP contribution in [0.5, 0.6) is 0 Å². The maximum Gasteiger partial charge on any atom is 0.303 e. The van der Waals surface area contributed by atoms with Crippen molar-refractivity contribution < 1.29 is 23.8 Å². The average molecular weight is 351 g/mol. The summed E-state index contributed by atoms with van der Waals surface area (Å²) in [6.07, 6.45) is 5.75. The van der Waals surface area contributed by atoms with Crippen molar-refractivity contribution in [3.63, 3.8) is 0 Å². The van der Waals surface area contributed by atoms with Gasteiger partial charge >= 0.3 is 5.97 Å². The van der Waals surface area contributed by atoms with Gasteiger partial charge in [-0.2, -0.15) is 0 Å². The van der Waals surface area contributed by atoms with Crippen molar-refractivity contribution in [3.05, 3.63) is 23.7 Å². The minimum Gasteiger partial charge on any atom is -0.481 e. The van der Waals surface area contributed by atoms with Crippen molar-refractivity contribution in [2.45, 2.75) is 64.3 Å². The topological polar surface area (TPSA) is 88.8 Å². The molecular formula is C19H29NO5. The third kappa shape index (κ3) is 5.59. The third-order valence-corrected chi connectivity index (χ3v) is 5.02. The van der Waals surface area contributed by atoms with E-state index in [1.807, 2.05) is 19.1 Å². The van der Waals surface area contributed by atoms with Crippen LogP contribution in [-0.4, -0.2) is 30.7 Å². The zero-order valence-electron chi connectivity index (χ0n) is 15.2. The number of furan rings is 1. The van der Waals surface area contributed by atoms with Crippen LogP contribution in [0.25, 0.3) is 0 Å². The summed E-state index contributed by atoms with van der Waals surface area (Å²) in [5.74, 6) is 0.560. The van der Waals surface area contributed by atoms with Crippen molar-refractivity contribution in [3.8, 4) is 0 Å². The maximum absolute atomic E-state index is 12.6. The number of hydrogen-bond donors (Lipinski definition) is 2. The quantitative estimate of drug-likeness (QED) is 0.711. The number of aryl methyl sites for hydroxylation is 1. The third-order valence-electron chi connectivity index (χ3n) is 5.02. The molecule has 2 N–H and O–H groups in total. The second kappa shape index (κ2) is 9.04. The van der Waals surface area contributed by atoms with Crippen LogP contribution in [-0.2, 0) is 20.7 Å². The largest absolute Gasteiger partial charge is 0.481 e. The summed E-state index contributed by atoms with van der Waals surface area (Å²) in [5, 5.41) is 12.2. The standard InChI is InChI=1S/C19H29NO5/c1-3-14-7-8-16(25-14)15(13-24-2)20-17(21)11-19(12-18(22)23)9-5-4-6-10-19/h7-8,15H,3-6,9-13H2,1-2H3,(H,20,21)(H,22,23). The molecule has 0 bridgehead atoms. The van der Waals surface area contributed by atoms with Gasteiger partial charge in [-0.3, -0.25) is 9.59 Å². The van der Waals surface area contributed by atoms with Gasteiger partial charge in [0.15, 0.2) is 0 Å². The Bertz CT molecular complexity index is 574. The van der Waals surface area contributed by atoms with Gasteiger partial charge in [-0.05, 0) is 30.4 Å². The predicted octanol–water partition coefficient (Wildman–Crippen LogP) is 3.46. The average Bonchev–Trinajstić information content (AvgIpc) is 3.03. The molecule has 1 fully saturated rings. The van der Waals surface area contributed by atoms with Gasteiger partial charge in [0.25, 0.3) is 0 Å². The molecule has 0 aromatic carbocycles. The number of rotatable bonds is 9. The minimum atomic E-state index is -0.832. The fourth-order valence-corrected chi connectivity index (χ4v) is 3.76. The summed E-state index contributed by atoms with van der Waals surface area (Å²) in [5.41, 5.74) is -0.427. The van der Waals surface area contributed by atoms with Crippen molar-refractivity contribution in [2.24, 2.45) is 5.41 Å². The molecular weight excluding hydrogens is 322 g/mol. The van der Waals surface area contributed by atoms with Crippen LogP contribution in [0.15, 0.2) is 16.5 Å². The molecule has 0 saturated heterocycles. The van der Waals surface area contributed by atoms with Crippen LogP contribution in [0.3, 0.4) is 0 Å². The number of methoxy groups -OCH3 is 1. The van der Waals surface area contributed by atoms with Gasteiger partial charge in [0.1, 0.15) is 17.6 Å². The minimum absolute atomic E-state index is 0.0517. The van der Waals surface area contributed by atoms with Gasteiger partial charge in [0.05, 0.1) is 13.0 Å². The van der Waals surface area contributed by atoms with Crippen molar-refractivity contribution in [1.82, 2.24) is 5.32 Å². The number of hydrogen-bond acceptors (Lipinski definition) is 4. The fraction of sp³-hybridized carbons (Fsp3) is 0.684. The van der Waals surface area contributed by atoms with E-state index >= 15 is 0 Å². The van der Waals surface area contributed by atoms with Crippen LogP contribution in [0.1, 0.15) is 69.4 Å². The van der Waals surface area contributed by atoms with Crippen LogP contribution in [0.2, 0.25) is 0 Å². The number of nitrogens with one attached hydrogen (secondary N) is 1. The molecule has 1 aliphatic carbocycles. The molecule has 1 atom stereocenters. The summed E-state index contributed by atoms with van der Waals surface area (Å²) < 4.78 is 11.0. The Morgan fingerprint density at radius 3 is 2.56 bits per heavy atom. The molecule has 1 heterocycles.